The lowest BCUT2D eigenvalue weighted by Crippen LogP contribution is -1.98. The van der Waals surface area contributed by atoms with Crippen molar-refractivity contribution >= 4 is 5.69 Å². The first-order valence-electron chi connectivity index (χ1n) is 5.60. The molecule has 0 saturated carbocycles. The number of nitrogens with two attached hydrogens (primary N) is 1. The predicted octanol–water partition coefficient (Wildman–Crippen LogP) is 3.13. The monoisotopic (exact) mass is 265 g/mol. The topological polar surface area (TPSA) is 44.5 Å². The summed E-state index contributed by atoms with van der Waals surface area (Å²) in [6, 6.07) is 8.18. The molecule has 2 N–H and O–H groups in total. The molecule has 0 spiro atoms. The van der Waals surface area contributed by atoms with Crippen LogP contribution in [-0.4, -0.2) is 7.11 Å². The lowest BCUT2D eigenvalue weighted by atomic mass is 10.2. The van der Waals surface area contributed by atoms with E-state index in [1.165, 1.54) is 19.2 Å². The number of halogens is 2. The molecule has 3 nitrogen and oxygen atoms in total. The lowest BCUT2D eigenvalue weighted by molar-refractivity contribution is 0.304. The van der Waals surface area contributed by atoms with Crippen molar-refractivity contribution in [2.24, 2.45) is 0 Å². The molecule has 0 radical (unpaired) electrons. The van der Waals surface area contributed by atoms with Gasteiger partial charge in [0.25, 0.3) is 0 Å². The van der Waals surface area contributed by atoms with Crippen molar-refractivity contribution in [1.82, 2.24) is 0 Å². The molecule has 0 aromatic heterocycles. The Bertz CT molecular complexity index is 567. The number of rotatable bonds is 4. The fraction of sp³-hybridized carbons (Fsp3) is 0.143. The van der Waals surface area contributed by atoms with Crippen molar-refractivity contribution in [3.05, 3.63) is 53.6 Å². The average Bonchev–Trinajstić information content (AvgIpc) is 2.35. The summed E-state index contributed by atoms with van der Waals surface area (Å²) in [6.45, 7) is 0.0560. The zero-order valence-corrected chi connectivity index (χ0v) is 10.3. The van der Waals surface area contributed by atoms with Crippen LogP contribution in [0.5, 0.6) is 11.5 Å². The second kappa shape index (κ2) is 5.56. The van der Waals surface area contributed by atoms with Gasteiger partial charge in [0.2, 0.25) is 0 Å². The van der Waals surface area contributed by atoms with Gasteiger partial charge in [-0.05, 0) is 29.8 Å². The molecule has 0 saturated heterocycles. The minimum Gasteiger partial charge on any atom is -0.495 e. The Labute approximate surface area is 109 Å². The Kier molecular flexibility index (Phi) is 3.85. The first-order chi connectivity index (χ1) is 9.08. The number of methoxy groups -OCH3 is 1. The summed E-state index contributed by atoms with van der Waals surface area (Å²) < 4.78 is 36.4. The molecule has 2 aromatic rings. The van der Waals surface area contributed by atoms with Gasteiger partial charge < -0.3 is 15.2 Å². The molecule has 0 atom stereocenters. The summed E-state index contributed by atoms with van der Waals surface area (Å²) in [6.07, 6.45) is 0. The first kappa shape index (κ1) is 13.1. The van der Waals surface area contributed by atoms with E-state index in [1.807, 2.05) is 0 Å². The number of nitrogen functional groups attached to an aromatic ring is 1. The highest BCUT2D eigenvalue weighted by Gasteiger charge is 2.04. The van der Waals surface area contributed by atoms with E-state index in [1.54, 1.807) is 18.2 Å². The predicted molar refractivity (Wildman–Crippen MR) is 68.1 cm³/mol. The summed E-state index contributed by atoms with van der Waals surface area (Å²) in [4.78, 5) is 0. The molecule has 0 bridgehead atoms. The third kappa shape index (κ3) is 3.34. The molecule has 0 aliphatic rings. The molecule has 2 rings (SSSR count). The van der Waals surface area contributed by atoms with Crippen LogP contribution in [0.3, 0.4) is 0 Å². The van der Waals surface area contributed by atoms with Gasteiger partial charge in [-0.15, -0.1) is 0 Å². The third-order valence-electron chi connectivity index (χ3n) is 2.53. The molecule has 0 heterocycles. The standard InChI is InChI=1S/C14H13F2NO2/c1-18-14-3-2-12(7-13(14)17)19-8-9-4-10(15)6-11(16)5-9/h2-7H,8,17H2,1H3. The van der Waals surface area contributed by atoms with E-state index in [4.69, 9.17) is 15.2 Å². The Morgan fingerprint density at radius 3 is 2.32 bits per heavy atom. The molecule has 5 heteroatoms. The van der Waals surface area contributed by atoms with Gasteiger partial charge in [0.05, 0.1) is 12.8 Å². The zero-order chi connectivity index (χ0) is 13.8. The second-order valence-electron chi connectivity index (χ2n) is 3.97. The molecule has 0 amide bonds. The zero-order valence-electron chi connectivity index (χ0n) is 10.3. The SMILES string of the molecule is COc1ccc(OCc2cc(F)cc(F)c2)cc1N. The van der Waals surface area contributed by atoms with E-state index < -0.39 is 11.6 Å². The number of benzene rings is 2. The van der Waals surface area contributed by atoms with E-state index in [0.29, 0.717) is 22.7 Å². The molecule has 0 aliphatic heterocycles. The van der Waals surface area contributed by atoms with Crippen LogP contribution < -0.4 is 15.2 Å². The van der Waals surface area contributed by atoms with Crippen molar-refractivity contribution in [1.29, 1.82) is 0 Å². The summed E-state index contributed by atoms with van der Waals surface area (Å²) >= 11 is 0. The van der Waals surface area contributed by atoms with E-state index in [-0.39, 0.29) is 6.61 Å². The van der Waals surface area contributed by atoms with Gasteiger partial charge in [-0.1, -0.05) is 0 Å². The minimum absolute atomic E-state index is 0.0560. The molecule has 0 fully saturated rings. The Hall–Kier alpha value is -2.30. The van der Waals surface area contributed by atoms with Gasteiger partial charge in [0.1, 0.15) is 29.7 Å². The third-order valence-corrected chi connectivity index (χ3v) is 2.53. The molecular weight excluding hydrogens is 252 g/mol. The molecule has 0 aliphatic carbocycles. The maximum atomic E-state index is 13.0. The van der Waals surface area contributed by atoms with Gasteiger partial charge in [-0.25, -0.2) is 8.78 Å². The van der Waals surface area contributed by atoms with Crippen LogP contribution in [0.1, 0.15) is 5.56 Å². The van der Waals surface area contributed by atoms with E-state index in [2.05, 4.69) is 0 Å². The van der Waals surface area contributed by atoms with Crippen molar-refractivity contribution < 1.29 is 18.3 Å². The largest absolute Gasteiger partial charge is 0.495 e. The van der Waals surface area contributed by atoms with Gasteiger partial charge in [0.15, 0.2) is 0 Å². The summed E-state index contributed by atoms with van der Waals surface area (Å²) in [5.74, 6) is -0.215. The molecule has 0 unspecified atom stereocenters. The molecule has 2 aromatic carbocycles. The van der Waals surface area contributed by atoms with Gasteiger partial charge in [0, 0.05) is 12.1 Å². The summed E-state index contributed by atoms with van der Waals surface area (Å²) in [5, 5.41) is 0. The van der Waals surface area contributed by atoms with Crippen molar-refractivity contribution in [3.63, 3.8) is 0 Å². The van der Waals surface area contributed by atoms with E-state index in [9.17, 15) is 8.78 Å². The number of hydrogen-bond donors (Lipinski definition) is 1. The second-order valence-corrected chi connectivity index (χ2v) is 3.97. The highest BCUT2D eigenvalue weighted by Crippen LogP contribution is 2.26. The lowest BCUT2D eigenvalue weighted by Gasteiger charge is -2.09. The van der Waals surface area contributed by atoms with Gasteiger partial charge in [-0.2, -0.15) is 0 Å². The molecule has 100 valence electrons. The van der Waals surface area contributed by atoms with Gasteiger partial charge >= 0.3 is 0 Å². The van der Waals surface area contributed by atoms with Gasteiger partial charge in [-0.3, -0.25) is 0 Å². The van der Waals surface area contributed by atoms with E-state index >= 15 is 0 Å². The Morgan fingerprint density at radius 2 is 1.74 bits per heavy atom. The highest BCUT2D eigenvalue weighted by atomic mass is 19.1. The highest BCUT2D eigenvalue weighted by molar-refractivity contribution is 5.56. The van der Waals surface area contributed by atoms with E-state index in [0.717, 1.165) is 6.07 Å². The number of anilines is 1. The summed E-state index contributed by atoms with van der Waals surface area (Å²) in [7, 11) is 1.52. The fourth-order valence-electron chi connectivity index (χ4n) is 1.66. The van der Waals surface area contributed by atoms with Crippen LogP contribution in [0.15, 0.2) is 36.4 Å². The van der Waals surface area contributed by atoms with Crippen LogP contribution in [0.25, 0.3) is 0 Å². The van der Waals surface area contributed by atoms with Crippen molar-refractivity contribution in [3.8, 4) is 11.5 Å². The van der Waals surface area contributed by atoms with Crippen LogP contribution in [0, 0.1) is 11.6 Å². The maximum Gasteiger partial charge on any atom is 0.142 e. The number of ether oxygens (including phenoxy) is 2. The first-order valence-corrected chi connectivity index (χ1v) is 5.60. The quantitative estimate of drug-likeness (QED) is 0.864. The fourth-order valence-corrected chi connectivity index (χ4v) is 1.66. The van der Waals surface area contributed by atoms with Crippen molar-refractivity contribution in [2.75, 3.05) is 12.8 Å². The van der Waals surface area contributed by atoms with Crippen LogP contribution in [-0.2, 0) is 6.61 Å². The van der Waals surface area contributed by atoms with Crippen LogP contribution in [0.2, 0.25) is 0 Å². The molecular formula is C14H13F2NO2. The summed E-state index contributed by atoms with van der Waals surface area (Å²) in [5.41, 5.74) is 6.57. The maximum absolute atomic E-state index is 13.0. The van der Waals surface area contributed by atoms with Crippen LogP contribution in [0.4, 0.5) is 14.5 Å². The molecule has 19 heavy (non-hydrogen) atoms. The van der Waals surface area contributed by atoms with Crippen LogP contribution >= 0.6 is 0 Å². The normalized spacial score (nSPS) is 10.3. The Balaban J connectivity index is 2.08. The Morgan fingerprint density at radius 1 is 1.05 bits per heavy atom. The van der Waals surface area contributed by atoms with Crippen molar-refractivity contribution in [2.45, 2.75) is 6.61 Å². The average molecular weight is 265 g/mol. The minimum atomic E-state index is -0.632. The number of hydrogen-bond acceptors (Lipinski definition) is 3. The smallest absolute Gasteiger partial charge is 0.142 e.